The van der Waals surface area contributed by atoms with Gasteiger partial charge in [-0.25, -0.2) is 0 Å². The van der Waals surface area contributed by atoms with Gasteiger partial charge in [-0.15, -0.1) is 0 Å². The van der Waals surface area contributed by atoms with Crippen LogP contribution < -0.4 is 10.2 Å². The molecule has 0 aliphatic carbocycles. The number of hydrogen-bond acceptors (Lipinski definition) is 9. The lowest BCUT2D eigenvalue weighted by Gasteiger charge is -2.27. The van der Waals surface area contributed by atoms with E-state index in [0.717, 1.165) is 12.1 Å². The molecule has 2 aromatic carbocycles. The largest absolute Gasteiger partial charge is 0.438 e. The van der Waals surface area contributed by atoms with Crippen molar-refractivity contribution in [2.75, 3.05) is 38.6 Å². The Bertz CT molecular complexity index is 1590. The fourth-order valence-electron chi connectivity index (χ4n) is 4.88. The van der Waals surface area contributed by atoms with E-state index in [1.165, 1.54) is 28.0 Å². The molecular weight excluding hydrogens is 711 g/mol. The highest BCUT2D eigenvalue weighted by atomic mass is 31.2. The van der Waals surface area contributed by atoms with Gasteiger partial charge in [0.2, 0.25) is 17.7 Å². The van der Waals surface area contributed by atoms with E-state index >= 15 is 8.78 Å². The summed E-state index contributed by atoms with van der Waals surface area (Å²) in [5, 5.41) is 2.74. The van der Waals surface area contributed by atoms with Gasteiger partial charge in [0, 0.05) is 30.9 Å². The summed E-state index contributed by atoms with van der Waals surface area (Å²) in [7, 11) is -1.48. The van der Waals surface area contributed by atoms with Crippen molar-refractivity contribution in [3.63, 3.8) is 0 Å². The molecule has 0 saturated carbocycles. The average molecular weight is 762 g/mol. The van der Waals surface area contributed by atoms with E-state index in [1.807, 2.05) is 18.2 Å². The maximum Gasteiger partial charge on any atom is 0.340 e. The van der Waals surface area contributed by atoms with Gasteiger partial charge in [0.05, 0.1) is 10.8 Å². The van der Waals surface area contributed by atoms with Gasteiger partial charge < -0.3 is 24.6 Å². The van der Waals surface area contributed by atoms with E-state index in [1.54, 1.807) is 67.6 Å². The Labute approximate surface area is 311 Å². The summed E-state index contributed by atoms with van der Waals surface area (Å²) in [6.07, 6.45) is 3.02. The normalized spacial score (nSPS) is 15.8. The number of nitrogens with one attached hydrogen (secondary N) is 1. The van der Waals surface area contributed by atoms with Gasteiger partial charge in [-0.2, -0.15) is 8.78 Å². The van der Waals surface area contributed by atoms with E-state index in [9.17, 15) is 24.0 Å². The summed E-state index contributed by atoms with van der Waals surface area (Å²) in [4.78, 5) is 66.7. The fraction of sp³-hybridized carbons (Fsp3) is 0.500. The van der Waals surface area contributed by atoms with Crippen molar-refractivity contribution in [2.24, 2.45) is 10.8 Å². The van der Waals surface area contributed by atoms with Crippen LogP contribution in [0.2, 0.25) is 0 Å². The molecule has 53 heavy (non-hydrogen) atoms. The number of halogens is 2. The number of esters is 2. The summed E-state index contributed by atoms with van der Waals surface area (Å²) >= 11 is 0. The van der Waals surface area contributed by atoms with Gasteiger partial charge in [0.1, 0.15) is 12.6 Å². The number of hydrogen-bond donors (Lipinski definition) is 1. The molecule has 290 valence electrons. The number of allylic oxidation sites excluding steroid dienone is 1. The first kappa shape index (κ1) is 43.1. The molecular formula is C38H50F2N3O9P. The molecule has 12 nitrogen and oxygen atoms in total. The van der Waals surface area contributed by atoms with Crippen LogP contribution in [0.5, 0.6) is 0 Å². The van der Waals surface area contributed by atoms with Gasteiger partial charge >= 0.3 is 17.6 Å². The van der Waals surface area contributed by atoms with Gasteiger partial charge in [0.15, 0.2) is 13.6 Å². The molecule has 3 rings (SSSR count). The molecule has 3 amide bonds. The van der Waals surface area contributed by atoms with Gasteiger partial charge in [-0.1, -0.05) is 42.5 Å². The predicted molar refractivity (Wildman–Crippen MR) is 196 cm³/mol. The SMILES string of the molecule is C/C(=C\C(=O)N[C@H]1CCCCN(CC(=O)N(C)c2ccccc2)C1=O)c1ccc(C(F)(F)P(OCOC(=O)C(C)(C)C)OCOC(=O)C(C)(C)C)cc1. The number of benzene rings is 2. The molecule has 1 saturated heterocycles. The van der Waals surface area contributed by atoms with Crippen LogP contribution in [0, 0.1) is 10.8 Å². The number of alkyl halides is 2. The number of carbonyl (C=O) groups excluding carboxylic acids is 5. The molecule has 1 N–H and O–H groups in total. The molecule has 1 fully saturated rings. The highest BCUT2D eigenvalue weighted by Crippen LogP contribution is 2.60. The molecule has 0 bridgehead atoms. The molecule has 2 aromatic rings. The zero-order valence-corrected chi connectivity index (χ0v) is 32.5. The van der Waals surface area contributed by atoms with Crippen LogP contribution in [0.15, 0.2) is 60.7 Å². The molecule has 0 unspecified atom stereocenters. The lowest BCUT2D eigenvalue weighted by Crippen LogP contribution is -2.50. The van der Waals surface area contributed by atoms with Crippen molar-refractivity contribution < 1.29 is 51.3 Å². The minimum atomic E-state index is -3.74. The Balaban J connectivity index is 1.68. The fourth-order valence-corrected chi connectivity index (χ4v) is 5.94. The second-order valence-corrected chi connectivity index (χ2v) is 16.3. The molecule has 0 aromatic heterocycles. The number of para-hydroxylation sites is 1. The molecule has 15 heteroatoms. The number of amides is 3. The Morgan fingerprint density at radius 3 is 1.96 bits per heavy atom. The predicted octanol–water partition coefficient (Wildman–Crippen LogP) is 6.74. The molecule has 1 atom stereocenters. The highest BCUT2D eigenvalue weighted by molar-refractivity contribution is 7.48. The van der Waals surface area contributed by atoms with Crippen LogP contribution in [-0.4, -0.2) is 74.3 Å². The van der Waals surface area contributed by atoms with E-state index in [-0.39, 0.29) is 18.4 Å². The maximum atomic E-state index is 15.8. The minimum absolute atomic E-state index is 0.134. The summed E-state index contributed by atoms with van der Waals surface area (Å²) in [6, 6.07) is 13.3. The van der Waals surface area contributed by atoms with Crippen molar-refractivity contribution in [3.05, 3.63) is 71.8 Å². The van der Waals surface area contributed by atoms with Crippen molar-refractivity contribution in [1.29, 1.82) is 0 Å². The summed E-state index contributed by atoms with van der Waals surface area (Å²) in [6.45, 7) is 9.81. The number of ether oxygens (including phenoxy) is 2. The number of carbonyl (C=O) groups is 5. The number of anilines is 1. The zero-order chi connectivity index (χ0) is 39.6. The van der Waals surface area contributed by atoms with Crippen LogP contribution in [0.4, 0.5) is 14.5 Å². The lowest BCUT2D eigenvalue weighted by atomic mass is 9.98. The summed E-state index contributed by atoms with van der Waals surface area (Å²) in [5.74, 6) is -2.52. The third-order valence-corrected chi connectivity index (χ3v) is 9.55. The molecule has 1 aliphatic heterocycles. The third-order valence-electron chi connectivity index (χ3n) is 8.15. The average Bonchev–Trinajstić information content (AvgIpc) is 3.26. The lowest BCUT2D eigenvalue weighted by molar-refractivity contribution is -0.162. The standard InChI is InChI=1S/C38H50F2N3O9P/c1-26(22-31(44)41-30-16-12-13-21-43(33(30)46)23-32(45)42(8)29-14-10-9-11-15-29)27-17-19-28(20-18-27)38(39,40)53(51-24-49-34(47)36(2,3)4)52-25-50-35(48)37(5,6)7/h9-11,14-15,17-20,22,30H,12-13,16,21,23-25H2,1-8H3,(H,41,44)/b26-22+/t30-/m0/s1. The van der Waals surface area contributed by atoms with E-state index in [4.69, 9.17) is 18.5 Å². The minimum Gasteiger partial charge on any atom is -0.438 e. The van der Waals surface area contributed by atoms with Crippen molar-refractivity contribution in [2.45, 2.75) is 79.4 Å². The number of likely N-dealkylation sites (tertiary alicyclic amines) is 1. The van der Waals surface area contributed by atoms with Crippen LogP contribution in [0.3, 0.4) is 0 Å². The van der Waals surface area contributed by atoms with E-state index in [0.29, 0.717) is 42.6 Å². The summed E-state index contributed by atoms with van der Waals surface area (Å²) < 4.78 is 52.1. The highest BCUT2D eigenvalue weighted by Gasteiger charge is 2.46. The van der Waals surface area contributed by atoms with Crippen LogP contribution in [-0.2, 0) is 48.2 Å². The summed E-state index contributed by atoms with van der Waals surface area (Å²) in [5.41, 5.74) is -4.45. The number of rotatable bonds is 14. The van der Waals surface area contributed by atoms with Crippen LogP contribution in [0.25, 0.3) is 5.57 Å². The Kier molecular flexibility index (Phi) is 15.2. The van der Waals surface area contributed by atoms with Crippen molar-refractivity contribution in [3.8, 4) is 0 Å². The zero-order valence-electron chi connectivity index (χ0n) is 31.6. The molecule has 0 spiro atoms. The van der Waals surface area contributed by atoms with Crippen LogP contribution in [0.1, 0.15) is 78.9 Å². The number of nitrogens with zero attached hydrogens (tertiary/aromatic N) is 2. The van der Waals surface area contributed by atoms with Crippen molar-refractivity contribution >= 4 is 49.3 Å². The van der Waals surface area contributed by atoms with Crippen molar-refractivity contribution in [1.82, 2.24) is 10.2 Å². The Hall–Kier alpha value is -4.26. The Morgan fingerprint density at radius 2 is 1.43 bits per heavy atom. The third kappa shape index (κ3) is 12.7. The first-order valence-electron chi connectivity index (χ1n) is 17.2. The second kappa shape index (κ2) is 18.7. The van der Waals surface area contributed by atoms with E-state index < -0.39 is 67.9 Å². The second-order valence-electron chi connectivity index (χ2n) is 14.7. The monoisotopic (exact) mass is 761 g/mol. The van der Waals surface area contributed by atoms with Gasteiger partial charge in [-0.3, -0.25) is 33.0 Å². The molecule has 1 heterocycles. The molecule has 0 radical (unpaired) electrons. The quantitative estimate of drug-likeness (QED) is 0.0960. The first-order valence-corrected chi connectivity index (χ1v) is 18.4. The molecule has 1 aliphatic rings. The number of likely N-dealkylation sites (N-methyl/N-ethyl adjacent to an activating group) is 1. The van der Waals surface area contributed by atoms with Crippen LogP contribution >= 0.6 is 8.38 Å². The van der Waals surface area contributed by atoms with Gasteiger partial charge in [0.25, 0.3) is 8.38 Å². The topological polar surface area (TPSA) is 141 Å². The smallest absolute Gasteiger partial charge is 0.340 e. The Morgan fingerprint density at radius 1 is 0.887 bits per heavy atom. The van der Waals surface area contributed by atoms with E-state index in [2.05, 4.69) is 5.32 Å². The first-order chi connectivity index (χ1) is 24.7. The maximum absolute atomic E-state index is 15.8. The van der Waals surface area contributed by atoms with Gasteiger partial charge in [-0.05, 0) is 91.0 Å².